The van der Waals surface area contributed by atoms with Crippen LogP contribution in [-0.2, 0) is 17.1 Å². The second-order valence-electron chi connectivity index (χ2n) is 8.01. The second kappa shape index (κ2) is 8.68. The number of sulfonamides is 1. The van der Waals surface area contributed by atoms with E-state index in [0.717, 1.165) is 34.4 Å². The average Bonchev–Trinajstić information content (AvgIpc) is 3.06. The number of rotatable bonds is 5. The summed E-state index contributed by atoms with van der Waals surface area (Å²) < 4.78 is 35.3. The first-order valence-electron chi connectivity index (χ1n) is 10.3. The molecule has 3 aromatic rings. The van der Waals surface area contributed by atoms with Crippen LogP contribution in [-0.4, -0.2) is 43.4 Å². The number of aryl methyl sites for hydroxylation is 1. The van der Waals surface area contributed by atoms with Crippen LogP contribution in [0.2, 0.25) is 0 Å². The summed E-state index contributed by atoms with van der Waals surface area (Å²) in [4.78, 5) is 24.9. The molecular weight excluding hydrogens is 450 g/mol. The fraction of sp³-hybridized carbons (Fsp3) is 0.364. The van der Waals surface area contributed by atoms with Crippen molar-refractivity contribution in [1.29, 1.82) is 0 Å². The lowest BCUT2D eigenvalue weighted by molar-refractivity contribution is 0.102. The van der Waals surface area contributed by atoms with E-state index in [1.165, 1.54) is 29.6 Å². The normalized spacial score (nSPS) is 15.7. The van der Waals surface area contributed by atoms with Crippen molar-refractivity contribution in [2.24, 2.45) is 13.0 Å². The van der Waals surface area contributed by atoms with Gasteiger partial charge in [-0.05, 0) is 55.2 Å². The summed E-state index contributed by atoms with van der Waals surface area (Å²) >= 11 is 1.09. The Morgan fingerprint density at radius 3 is 2.56 bits per heavy atom. The largest absolute Gasteiger partial charge is 0.496 e. The number of ether oxygens (including phenoxy) is 1. The van der Waals surface area contributed by atoms with Crippen LogP contribution >= 0.6 is 11.3 Å². The van der Waals surface area contributed by atoms with Gasteiger partial charge in [0.2, 0.25) is 10.0 Å². The molecule has 2 heterocycles. The summed E-state index contributed by atoms with van der Waals surface area (Å²) in [5, 5.41) is 2.79. The fourth-order valence-electron chi connectivity index (χ4n) is 3.81. The number of methoxy groups -OCH3 is 1. The molecule has 1 saturated heterocycles. The van der Waals surface area contributed by atoms with E-state index in [0.29, 0.717) is 24.7 Å². The summed E-state index contributed by atoms with van der Waals surface area (Å²) in [6, 6.07) is 9.52. The predicted octanol–water partition coefficient (Wildman–Crippen LogP) is 3.28. The van der Waals surface area contributed by atoms with Gasteiger partial charge < -0.3 is 14.6 Å². The van der Waals surface area contributed by atoms with Gasteiger partial charge in [-0.2, -0.15) is 4.31 Å². The molecule has 2 aromatic carbocycles. The Balaban J connectivity index is 1.63. The van der Waals surface area contributed by atoms with Gasteiger partial charge in [-0.15, -0.1) is 0 Å². The van der Waals surface area contributed by atoms with Crippen LogP contribution in [0, 0.1) is 5.92 Å². The SMILES string of the molecule is COc1ccc(S(=O)(=O)N2CCC(C)CC2)cc1C(=O)Nc1ccc2c(c1)sc(=O)n2C. The van der Waals surface area contributed by atoms with Crippen molar-refractivity contribution in [1.82, 2.24) is 8.87 Å². The lowest BCUT2D eigenvalue weighted by Gasteiger charge is -2.29. The number of aromatic nitrogens is 1. The molecule has 170 valence electrons. The number of piperidine rings is 1. The van der Waals surface area contributed by atoms with E-state index < -0.39 is 15.9 Å². The van der Waals surface area contributed by atoms with Crippen molar-refractivity contribution in [2.45, 2.75) is 24.7 Å². The molecule has 1 amide bonds. The monoisotopic (exact) mass is 475 g/mol. The quantitative estimate of drug-likeness (QED) is 0.611. The highest BCUT2D eigenvalue weighted by molar-refractivity contribution is 7.89. The minimum atomic E-state index is -3.71. The van der Waals surface area contributed by atoms with Crippen LogP contribution in [0.1, 0.15) is 30.1 Å². The molecule has 32 heavy (non-hydrogen) atoms. The van der Waals surface area contributed by atoms with Gasteiger partial charge in [0.25, 0.3) is 5.91 Å². The molecule has 0 bridgehead atoms. The Bertz CT molecular complexity index is 1340. The third-order valence-electron chi connectivity index (χ3n) is 5.85. The van der Waals surface area contributed by atoms with Crippen LogP contribution < -0.4 is 14.9 Å². The zero-order valence-corrected chi connectivity index (χ0v) is 19.8. The molecule has 8 nitrogen and oxygen atoms in total. The number of nitrogens with one attached hydrogen (secondary N) is 1. The summed E-state index contributed by atoms with van der Waals surface area (Å²) in [7, 11) is -0.584. The zero-order valence-electron chi connectivity index (χ0n) is 18.1. The summed E-state index contributed by atoms with van der Waals surface area (Å²) in [5.41, 5.74) is 1.41. The van der Waals surface area contributed by atoms with Crippen LogP contribution in [0.15, 0.2) is 46.1 Å². The topological polar surface area (TPSA) is 97.7 Å². The maximum Gasteiger partial charge on any atom is 0.307 e. The number of hydrogen-bond donors (Lipinski definition) is 1. The molecule has 1 aliphatic rings. The van der Waals surface area contributed by atoms with Gasteiger partial charge in [-0.3, -0.25) is 9.59 Å². The van der Waals surface area contributed by atoms with Crippen molar-refractivity contribution >= 4 is 43.2 Å². The Morgan fingerprint density at radius 1 is 1.16 bits per heavy atom. The number of carbonyl (C=O) groups is 1. The summed E-state index contributed by atoms with van der Waals surface area (Å²) in [5.74, 6) is 0.284. The van der Waals surface area contributed by atoms with Crippen LogP contribution in [0.4, 0.5) is 5.69 Å². The molecular formula is C22H25N3O5S2. The molecule has 0 unspecified atom stereocenters. The molecule has 4 rings (SSSR count). The highest BCUT2D eigenvalue weighted by Gasteiger charge is 2.29. The van der Waals surface area contributed by atoms with Gasteiger partial charge in [-0.1, -0.05) is 18.3 Å². The molecule has 10 heteroatoms. The van der Waals surface area contributed by atoms with Crippen molar-refractivity contribution in [2.75, 3.05) is 25.5 Å². The van der Waals surface area contributed by atoms with E-state index in [1.54, 1.807) is 29.8 Å². The number of amides is 1. The molecule has 0 spiro atoms. The van der Waals surface area contributed by atoms with Crippen molar-refractivity contribution in [3.63, 3.8) is 0 Å². The van der Waals surface area contributed by atoms with Gasteiger partial charge >= 0.3 is 4.87 Å². The number of nitrogens with zero attached hydrogens (tertiary/aromatic N) is 2. The van der Waals surface area contributed by atoms with Crippen LogP contribution in [0.3, 0.4) is 0 Å². The van der Waals surface area contributed by atoms with E-state index in [2.05, 4.69) is 12.2 Å². The van der Waals surface area contributed by atoms with E-state index in [-0.39, 0.29) is 21.1 Å². The Kier molecular flexibility index (Phi) is 6.11. The zero-order chi connectivity index (χ0) is 23.0. The Labute approximate surface area is 190 Å². The molecule has 0 radical (unpaired) electrons. The van der Waals surface area contributed by atoms with E-state index in [9.17, 15) is 18.0 Å². The van der Waals surface area contributed by atoms with Gasteiger partial charge in [-0.25, -0.2) is 8.42 Å². The number of anilines is 1. The smallest absolute Gasteiger partial charge is 0.307 e. The van der Waals surface area contributed by atoms with Crippen molar-refractivity contribution in [3.05, 3.63) is 51.6 Å². The minimum absolute atomic E-state index is 0.0646. The summed E-state index contributed by atoms with van der Waals surface area (Å²) in [6.45, 7) is 3.05. The highest BCUT2D eigenvalue weighted by atomic mass is 32.2. The number of hydrogen-bond acceptors (Lipinski definition) is 6. The first-order valence-corrected chi connectivity index (χ1v) is 12.6. The second-order valence-corrected chi connectivity index (χ2v) is 10.9. The van der Waals surface area contributed by atoms with Crippen LogP contribution in [0.5, 0.6) is 5.75 Å². The third kappa shape index (κ3) is 4.17. The third-order valence-corrected chi connectivity index (χ3v) is 8.74. The van der Waals surface area contributed by atoms with Crippen molar-refractivity contribution < 1.29 is 17.9 Å². The molecule has 0 atom stereocenters. The maximum atomic E-state index is 13.1. The lowest BCUT2D eigenvalue weighted by Crippen LogP contribution is -2.37. The first kappa shape index (κ1) is 22.5. The maximum absolute atomic E-state index is 13.1. The fourth-order valence-corrected chi connectivity index (χ4v) is 6.22. The number of fused-ring (bicyclic) bond motifs is 1. The molecule has 1 aliphatic heterocycles. The standard InChI is InChI=1S/C22H25N3O5S2/c1-14-8-10-25(11-9-14)32(28,29)16-5-7-19(30-3)17(13-16)21(26)23-15-4-6-18-20(12-15)31-22(27)24(18)2/h4-7,12-14H,8-11H2,1-3H3,(H,23,26). The molecule has 1 aromatic heterocycles. The van der Waals surface area contributed by atoms with Crippen LogP contribution in [0.25, 0.3) is 10.2 Å². The van der Waals surface area contributed by atoms with E-state index >= 15 is 0 Å². The number of thiazole rings is 1. The van der Waals surface area contributed by atoms with Gasteiger partial charge in [0.1, 0.15) is 5.75 Å². The van der Waals surface area contributed by atoms with Gasteiger partial charge in [0.15, 0.2) is 0 Å². The highest BCUT2D eigenvalue weighted by Crippen LogP contribution is 2.29. The van der Waals surface area contributed by atoms with E-state index in [4.69, 9.17) is 4.74 Å². The molecule has 0 saturated carbocycles. The first-order chi connectivity index (χ1) is 15.2. The number of benzene rings is 2. The minimum Gasteiger partial charge on any atom is -0.496 e. The predicted molar refractivity (Wildman–Crippen MR) is 125 cm³/mol. The van der Waals surface area contributed by atoms with Crippen molar-refractivity contribution in [3.8, 4) is 5.75 Å². The molecule has 0 aliphatic carbocycles. The van der Waals surface area contributed by atoms with E-state index in [1.807, 2.05) is 0 Å². The van der Waals surface area contributed by atoms with Gasteiger partial charge in [0, 0.05) is 25.8 Å². The Morgan fingerprint density at radius 2 is 1.88 bits per heavy atom. The van der Waals surface area contributed by atoms with Gasteiger partial charge in [0.05, 0.1) is 27.8 Å². The number of carbonyl (C=O) groups excluding carboxylic acids is 1. The average molecular weight is 476 g/mol. The summed E-state index contributed by atoms with van der Waals surface area (Å²) in [6.07, 6.45) is 1.63. The molecule has 1 N–H and O–H groups in total. The molecule has 1 fully saturated rings. The lowest BCUT2D eigenvalue weighted by atomic mass is 10.0. The Hall–Kier alpha value is -2.69.